The van der Waals surface area contributed by atoms with Gasteiger partial charge in [-0.25, -0.2) is 9.50 Å². The van der Waals surface area contributed by atoms with Gasteiger partial charge in [0.05, 0.1) is 18.5 Å². The molecule has 2 saturated heterocycles. The van der Waals surface area contributed by atoms with Gasteiger partial charge in [0.15, 0.2) is 5.65 Å². The van der Waals surface area contributed by atoms with Crippen LogP contribution in [-0.4, -0.2) is 98.0 Å². The van der Waals surface area contributed by atoms with E-state index in [-0.39, 0.29) is 45.7 Å². The molecule has 12 nitrogen and oxygen atoms in total. The van der Waals surface area contributed by atoms with Crippen LogP contribution in [0.4, 0.5) is 14.5 Å². The minimum Gasteiger partial charge on any atom is -0.434 e. The molecule has 1 unspecified atom stereocenters. The van der Waals surface area contributed by atoms with Crippen molar-refractivity contribution >= 4 is 34.7 Å². The Hall–Kier alpha value is -4.14. The number of piperazine rings is 1. The minimum atomic E-state index is -3.11. The Labute approximate surface area is 243 Å². The molecule has 5 heterocycles. The lowest BCUT2D eigenvalue weighted by Crippen LogP contribution is -2.52. The quantitative estimate of drug-likeness (QED) is 0.328. The van der Waals surface area contributed by atoms with Gasteiger partial charge in [0, 0.05) is 68.0 Å². The molecule has 1 N–H and O–H groups in total. The number of rotatable bonds is 8. The summed E-state index contributed by atoms with van der Waals surface area (Å²) in [7, 11) is 0. The monoisotopic (exact) mass is 600 g/mol. The maximum atomic E-state index is 13.3. The third kappa shape index (κ3) is 5.91. The van der Waals surface area contributed by atoms with Crippen LogP contribution < -0.4 is 10.1 Å². The second-order valence-electron chi connectivity index (χ2n) is 9.94. The summed E-state index contributed by atoms with van der Waals surface area (Å²) in [6, 6.07) is 6.17. The van der Waals surface area contributed by atoms with Crippen molar-refractivity contribution in [1.82, 2.24) is 34.2 Å². The molecule has 0 bridgehead atoms. The fourth-order valence-corrected chi connectivity index (χ4v) is 5.41. The molecule has 0 radical (unpaired) electrons. The molecule has 0 aliphatic carbocycles. The number of nitrogens with one attached hydrogen (secondary N) is 1. The van der Waals surface area contributed by atoms with Gasteiger partial charge in [-0.1, -0.05) is 11.6 Å². The average Bonchev–Trinajstić information content (AvgIpc) is 3.74. The van der Waals surface area contributed by atoms with Crippen molar-refractivity contribution in [3.05, 3.63) is 59.6 Å². The lowest BCUT2D eigenvalue weighted by atomic mass is 10.1. The molecule has 1 atom stereocenters. The van der Waals surface area contributed by atoms with Crippen LogP contribution in [0.25, 0.3) is 16.9 Å². The molecule has 2 amide bonds. The topological polar surface area (TPSA) is 119 Å². The van der Waals surface area contributed by atoms with Gasteiger partial charge in [-0.05, 0) is 30.7 Å². The van der Waals surface area contributed by atoms with Crippen LogP contribution in [0.1, 0.15) is 16.8 Å². The number of alkyl halides is 2. The van der Waals surface area contributed by atoms with E-state index in [1.165, 1.54) is 46.0 Å². The maximum absolute atomic E-state index is 13.3. The van der Waals surface area contributed by atoms with E-state index < -0.39 is 12.5 Å². The van der Waals surface area contributed by atoms with Crippen molar-refractivity contribution in [2.75, 3.05) is 44.7 Å². The SMILES string of the molecule is O=C(Nc1cn(CC(=O)N2CCN(C3CCOC3)CC2)nc1-c1cc(Cl)ccc1OC(F)F)c1cnn2cccnc12. The number of benzene rings is 1. The summed E-state index contributed by atoms with van der Waals surface area (Å²) < 4.78 is 39.5. The van der Waals surface area contributed by atoms with E-state index in [2.05, 4.69) is 25.4 Å². The zero-order valence-electron chi connectivity index (χ0n) is 22.3. The Morgan fingerprint density at radius 1 is 1.21 bits per heavy atom. The molecule has 42 heavy (non-hydrogen) atoms. The highest BCUT2D eigenvalue weighted by molar-refractivity contribution is 6.31. The summed E-state index contributed by atoms with van der Waals surface area (Å²) in [5.74, 6) is -0.904. The van der Waals surface area contributed by atoms with Gasteiger partial charge in [0.1, 0.15) is 23.6 Å². The second-order valence-corrected chi connectivity index (χ2v) is 10.4. The lowest BCUT2D eigenvalue weighted by Gasteiger charge is -2.37. The highest BCUT2D eigenvalue weighted by Crippen LogP contribution is 2.37. The van der Waals surface area contributed by atoms with E-state index in [9.17, 15) is 18.4 Å². The number of ether oxygens (including phenoxy) is 2. The molecular weight excluding hydrogens is 574 g/mol. The van der Waals surface area contributed by atoms with E-state index in [0.717, 1.165) is 26.1 Å². The fourth-order valence-electron chi connectivity index (χ4n) is 5.24. The van der Waals surface area contributed by atoms with Crippen LogP contribution in [-0.2, 0) is 16.1 Å². The molecule has 0 spiro atoms. The van der Waals surface area contributed by atoms with Crippen LogP contribution in [0.15, 0.2) is 49.1 Å². The van der Waals surface area contributed by atoms with E-state index >= 15 is 0 Å². The average molecular weight is 601 g/mol. The Balaban J connectivity index is 1.27. The van der Waals surface area contributed by atoms with Gasteiger partial charge >= 0.3 is 6.61 Å². The molecule has 0 saturated carbocycles. The lowest BCUT2D eigenvalue weighted by molar-refractivity contribution is -0.134. The number of hydrogen-bond acceptors (Lipinski definition) is 8. The standard InChI is InChI=1S/C27H27ClF2N8O4/c28-17-2-3-22(42-27(29)30)19(12-17)24-21(33-26(40)20-13-32-38-6-1-5-31-25(20)38)14-37(34-24)15-23(39)36-9-7-35(8-10-36)18-4-11-41-16-18/h1-3,5-6,12-14,18,27H,4,7-11,15-16H2,(H,33,40). The molecule has 2 fully saturated rings. The summed E-state index contributed by atoms with van der Waals surface area (Å²) in [5, 5.41) is 11.7. The van der Waals surface area contributed by atoms with Gasteiger partial charge in [0.25, 0.3) is 5.91 Å². The Bertz CT molecular complexity index is 1600. The van der Waals surface area contributed by atoms with E-state index in [4.69, 9.17) is 21.1 Å². The number of halogens is 3. The van der Waals surface area contributed by atoms with Crippen LogP contribution in [0.5, 0.6) is 5.75 Å². The molecule has 6 rings (SSSR count). The predicted octanol–water partition coefficient (Wildman–Crippen LogP) is 3.03. The maximum Gasteiger partial charge on any atom is 0.387 e. The molecule has 220 valence electrons. The first-order chi connectivity index (χ1) is 20.4. The normalized spacial score (nSPS) is 17.7. The predicted molar refractivity (Wildman–Crippen MR) is 148 cm³/mol. The molecule has 4 aromatic rings. The molecular formula is C27H27ClF2N8O4. The van der Waals surface area contributed by atoms with Crippen LogP contribution in [0.2, 0.25) is 5.02 Å². The number of anilines is 1. The number of hydrogen-bond donors (Lipinski definition) is 1. The molecule has 15 heteroatoms. The first kappa shape index (κ1) is 28.0. The number of fused-ring (bicyclic) bond motifs is 1. The number of amides is 2. The Kier molecular flexibility index (Phi) is 8.00. The van der Waals surface area contributed by atoms with Gasteiger partial charge in [0.2, 0.25) is 5.91 Å². The molecule has 2 aliphatic rings. The third-order valence-electron chi connectivity index (χ3n) is 7.33. The van der Waals surface area contributed by atoms with Gasteiger partial charge in [-0.2, -0.15) is 19.0 Å². The van der Waals surface area contributed by atoms with Crippen molar-refractivity contribution < 1.29 is 27.8 Å². The smallest absolute Gasteiger partial charge is 0.387 e. The molecule has 1 aromatic carbocycles. The van der Waals surface area contributed by atoms with Gasteiger partial charge < -0.3 is 19.7 Å². The highest BCUT2D eigenvalue weighted by atomic mass is 35.5. The summed E-state index contributed by atoms with van der Waals surface area (Å²) in [6.07, 6.45) is 7.01. The summed E-state index contributed by atoms with van der Waals surface area (Å²) in [5.41, 5.74) is 0.896. The van der Waals surface area contributed by atoms with E-state index in [1.807, 2.05) is 0 Å². The van der Waals surface area contributed by atoms with Crippen molar-refractivity contribution in [1.29, 1.82) is 0 Å². The van der Waals surface area contributed by atoms with Crippen molar-refractivity contribution in [2.45, 2.75) is 25.6 Å². The van der Waals surface area contributed by atoms with Crippen LogP contribution >= 0.6 is 11.6 Å². The number of aromatic nitrogens is 5. The highest BCUT2D eigenvalue weighted by Gasteiger charge is 2.29. The second kappa shape index (κ2) is 12.0. The van der Waals surface area contributed by atoms with E-state index in [1.54, 1.807) is 17.2 Å². The summed E-state index contributed by atoms with van der Waals surface area (Å²) >= 11 is 6.20. The van der Waals surface area contributed by atoms with Crippen molar-refractivity contribution in [3.8, 4) is 17.0 Å². The van der Waals surface area contributed by atoms with Gasteiger partial charge in [-0.15, -0.1) is 0 Å². The molecule has 3 aromatic heterocycles. The summed E-state index contributed by atoms with van der Waals surface area (Å²) in [6.45, 7) is 0.862. The Morgan fingerprint density at radius 2 is 2.05 bits per heavy atom. The zero-order valence-corrected chi connectivity index (χ0v) is 23.1. The fraction of sp³-hybridized carbons (Fsp3) is 0.370. The first-order valence-electron chi connectivity index (χ1n) is 13.4. The van der Waals surface area contributed by atoms with Gasteiger partial charge in [-0.3, -0.25) is 19.2 Å². The number of carbonyl (C=O) groups excluding carboxylic acids is 2. The summed E-state index contributed by atoms with van der Waals surface area (Å²) in [4.78, 5) is 34.9. The number of nitrogens with zero attached hydrogens (tertiary/aromatic N) is 7. The van der Waals surface area contributed by atoms with Crippen molar-refractivity contribution in [2.24, 2.45) is 0 Å². The largest absolute Gasteiger partial charge is 0.434 e. The molecule has 2 aliphatic heterocycles. The Morgan fingerprint density at radius 3 is 2.81 bits per heavy atom. The van der Waals surface area contributed by atoms with E-state index in [0.29, 0.717) is 31.4 Å². The zero-order chi connectivity index (χ0) is 29.2. The van der Waals surface area contributed by atoms with Crippen LogP contribution in [0, 0.1) is 0 Å². The number of carbonyl (C=O) groups is 2. The minimum absolute atomic E-state index is 0.102. The van der Waals surface area contributed by atoms with Crippen LogP contribution in [0.3, 0.4) is 0 Å². The third-order valence-corrected chi connectivity index (χ3v) is 7.57. The van der Waals surface area contributed by atoms with Crippen molar-refractivity contribution in [3.63, 3.8) is 0 Å². The first-order valence-corrected chi connectivity index (χ1v) is 13.7.